The van der Waals surface area contributed by atoms with Crippen molar-refractivity contribution < 1.29 is 5.11 Å². The van der Waals surface area contributed by atoms with Crippen molar-refractivity contribution in [2.24, 2.45) is 0 Å². The van der Waals surface area contributed by atoms with Crippen LogP contribution < -0.4 is 0 Å². The lowest BCUT2D eigenvalue weighted by Crippen LogP contribution is -2.09. The summed E-state index contributed by atoms with van der Waals surface area (Å²) >= 11 is 9.60. The van der Waals surface area contributed by atoms with Crippen LogP contribution in [0.1, 0.15) is 17.4 Å². The van der Waals surface area contributed by atoms with Crippen molar-refractivity contribution in [1.29, 1.82) is 0 Å². The number of nitrogens with zero attached hydrogens (tertiary/aromatic N) is 2. The molecule has 3 nitrogen and oxygen atoms in total. The fraction of sp³-hybridized carbons (Fsp3) is 0.0625. The van der Waals surface area contributed by atoms with Crippen molar-refractivity contribution >= 4 is 27.5 Å². The van der Waals surface area contributed by atoms with Crippen LogP contribution in [0, 0.1) is 0 Å². The van der Waals surface area contributed by atoms with Crippen molar-refractivity contribution in [1.82, 2.24) is 9.78 Å². The summed E-state index contributed by atoms with van der Waals surface area (Å²) in [5.74, 6) is 0. The molecule has 0 saturated heterocycles. The maximum absolute atomic E-state index is 10.7. The number of para-hydroxylation sites is 1. The van der Waals surface area contributed by atoms with Gasteiger partial charge in [0.05, 0.1) is 11.4 Å². The van der Waals surface area contributed by atoms with E-state index in [1.807, 2.05) is 42.5 Å². The summed E-state index contributed by atoms with van der Waals surface area (Å²) in [4.78, 5) is 0. The van der Waals surface area contributed by atoms with E-state index in [9.17, 15) is 5.11 Å². The largest absolute Gasteiger partial charge is 0.382 e. The first-order valence-corrected chi connectivity index (χ1v) is 7.56. The smallest absolute Gasteiger partial charge is 0.123 e. The first-order valence-electron chi connectivity index (χ1n) is 6.39. The molecule has 1 unspecified atom stereocenters. The molecular weight excluding hydrogens is 352 g/mol. The Morgan fingerprint density at radius 1 is 1.10 bits per heavy atom. The van der Waals surface area contributed by atoms with E-state index >= 15 is 0 Å². The van der Waals surface area contributed by atoms with Crippen molar-refractivity contribution in [2.75, 3.05) is 0 Å². The summed E-state index contributed by atoms with van der Waals surface area (Å²) in [6.45, 7) is 0. The molecule has 0 radical (unpaired) electrons. The highest BCUT2D eigenvalue weighted by atomic mass is 79.9. The van der Waals surface area contributed by atoms with E-state index in [1.165, 1.54) is 0 Å². The van der Waals surface area contributed by atoms with Crippen LogP contribution in [0.25, 0.3) is 5.69 Å². The molecule has 0 aliphatic heterocycles. The van der Waals surface area contributed by atoms with Gasteiger partial charge in [-0.25, -0.2) is 4.68 Å². The first-order chi connectivity index (χ1) is 10.2. The average molecular weight is 364 g/mol. The maximum Gasteiger partial charge on any atom is 0.123 e. The zero-order valence-corrected chi connectivity index (χ0v) is 13.3. The topological polar surface area (TPSA) is 38.1 Å². The number of benzene rings is 2. The Hall–Kier alpha value is -1.62. The molecule has 0 aliphatic carbocycles. The van der Waals surface area contributed by atoms with Gasteiger partial charge in [0.15, 0.2) is 0 Å². The molecule has 1 atom stereocenters. The van der Waals surface area contributed by atoms with E-state index in [-0.39, 0.29) is 0 Å². The number of hydrogen-bond donors (Lipinski definition) is 1. The van der Waals surface area contributed by atoms with Gasteiger partial charge in [-0.05, 0) is 36.4 Å². The van der Waals surface area contributed by atoms with Gasteiger partial charge in [0.25, 0.3) is 0 Å². The molecule has 106 valence electrons. The highest BCUT2D eigenvalue weighted by Crippen LogP contribution is 2.31. The molecular formula is C16H12BrClN2O. The standard InChI is InChI=1S/C16H12BrClN2O/c17-11-6-7-14(18)13(10-11)16(21)15-8-9-19-20(15)12-4-2-1-3-5-12/h1-10,16,21H. The van der Waals surface area contributed by atoms with Gasteiger partial charge >= 0.3 is 0 Å². The molecule has 1 heterocycles. The number of halogens is 2. The summed E-state index contributed by atoms with van der Waals surface area (Å²) in [5, 5.41) is 15.5. The Labute approximate surface area is 135 Å². The molecule has 3 aromatic rings. The average Bonchev–Trinajstić information content (AvgIpc) is 2.99. The lowest BCUT2D eigenvalue weighted by molar-refractivity contribution is 0.212. The molecule has 21 heavy (non-hydrogen) atoms. The zero-order chi connectivity index (χ0) is 14.8. The summed E-state index contributed by atoms with van der Waals surface area (Å²) in [6, 6.07) is 16.9. The Kier molecular flexibility index (Phi) is 4.10. The molecule has 0 spiro atoms. The van der Waals surface area contributed by atoms with Crippen LogP contribution in [-0.4, -0.2) is 14.9 Å². The van der Waals surface area contributed by atoms with Crippen molar-refractivity contribution in [3.8, 4) is 5.69 Å². The van der Waals surface area contributed by atoms with Gasteiger partial charge in [-0.2, -0.15) is 5.10 Å². The molecule has 0 fully saturated rings. The number of aliphatic hydroxyl groups excluding tert-OH is 1. The Bertz CT molecular complexity index is 758. The number of aliphatic hydroxyl groups is 1. The molecule has 1 N–H and O–H groups in total. The SMILES string of the molecule is OC(c1cc(Br)ccc1Cl)c1ccnn1-c1ccccc1. The number of hydrogen-bond acceptors (Lipinski definition) is 2. The Morgan fingerprint density at radius 2 is 1.86 bits per heavy atom. The number of aromatic nitrogens is 2. The second kappa shape index (κ2) is 6.02. The van der Waals surface area contributed by atoms with E-state index in [2.05, 4.69) is 21.0 Å². The zero-order valence-electron chi connectivity index (χ0n) is 10.9. The van der Waals surface area contributed by atoms with Crippen LogP contribution in [-0.2, 0) is 0 Å². The predicted octanol–water partition coefficient (Wildman–Crippen LogP) is 4.37. The molecule has 2 aromatic carbocycles. The fourth-order valence-electron chi connectivity index (χ4n) is 2.19. The monoisotopic (exact) mass is 362 g/mol. The van der Waals surface area contributed by atoms with E-state index in [4.69, 9.17) is 11.6 Å². The van der Waals surface area contributed by atoms with E-state index < -0.39 is 6.10 Å². The molecule has 1 aromatic heterocycles. The van der Waals surface area contributed by atoms with Crippen LogP contribution in [0.5, 0.6) is 0 Å². The predicted molar refractivity (Wildman–Crippen MR) is 86.8 cm³/mol. The van der Waals surface area contributed by atoms with Gasteiger partial charge in [-0.3, -0.25) is 0 Å². The van der Waals surface area contributed by atoms with Gasteiger partial charge in [-0.1, -0.05) is 45.7 Å². The quantitative estimate of drug-likeness (QED) is 0.750. The fourth-order valence-corrected chi connectivity index (χ4v) is 2.79. The van der Waals surface area contributed by atoms with E-state index in [1.54, 1.807) is 23.0 Å². The van der Waals surface area contributed by atoms with Gasteiger partial charge < -0.3 is 5.11 Å². The summed E-state index contributed by atoms with van der Waals surface area (Å²) in [5.41, 5.74) is 2.20. The Morgan fingerprint density at radius 3 is 2.62 bits per heavy atom. The second-order valence-electron chi connectivity index (χ2n) is 4.57. The minimum atomic E-state index is -0.849. The highest BCUT2D eigenvalue weighted by Gasteiger charge is 2.19. The van der Waals surface area contributed by atoms with Gasteiger partial charge in [0.1, 0.15) is 6.10 Å². The molecule has 0 amide bonds. The molecule has 0 bridgehead atoms. The third-order valence-electron chi connectivity index (χ3n) is 3.21. The molecule has 0 aliphatic rings. The van der Waals surface area contributed by atoms with Crippen LogP contribution in [0.4, 0.5) is 0 Å². The third-order valence-corrected chi connectivity index (χ3v) is 4.04. The lowest BCUT2D eigenvalue weighted by Gasteiger charge is -2.15. The van der Waals surface area contributed by atoms with Crippen molar-refractivity contribution in [3.05, 3.63) is 81.5 Å². The van der Waals surface area contributed by atoms with Crippen molar-refractivity contribution in [3.63, 3.8) is 0 Å². The van der Waals surface area contributed by atoms with Gasteiger partial charge in [0.2, 0.25) is 0 Å². The minimum Gasteiger partial charge on any atom is -0.382 e. The lowest BCUT2D eigenvalue weighted by atomic mass is 10.1. The maximum atomic E-state index is 10.7. The first kappa shape index (κ1) is 14.3. The number of rotatable bonds is 3. The van der Waals surface area contributed by atoms with Crippen molar-refractivity contribution in [2.45, 2.75) is 6.10 Å². The summed E-state index contributed by atoms with van der Waals surface area (Å²) < 4.78 is 2.58. The van der Waals surface area contributed by atoms with Crippen LogP contribution in [0.2, 0.25) is 5.02 Å². The molecule has 3 rings (SSSR count). The van der Waals surface area contributed by atoms with Crippen LogP contribution in [0.15, 0.2) is 65.3 Å². The second-order valence-corrected chi connectivity index (χ2v) is 5.89. The molecule has 0 saturated carbocycles. The van der Waals surface area contributed by atoms with Gasteiger partial charge in [0, 0.05) is 21.3 Å². The van der Waals surface area contributed by atoms with Gasteiger partial charge in [-0.15, -0.1) is 0 Å². The third kappa shape index (κ3) is 2.88. The normalized spacial score (nSPS) is 12.3. The van der Waals surface area contributed by atoms with Crippen LogP contribution in [0.3, 0.4) is 0 Å². The summed E-state index contributed by atoms with van der Waals surface area (Å²) in [6.07, 6.45) is 0.815. The highest BCUT2D eigenvalue weighted by molar-refractivity contribution is 9.10. The minimum absolute atomic E-state index is 0.520. The van der Waals surface area contributed by atoms with E-state index in [0.717, 1.165) is 10.2 Å². The van der Waals surface area contributed by atoms with Crippen LogP contribution >= 0.6 is 27.5 Å². The van der Waals surface area contributed by atoms with E-state index in [0.29, 0.717) is 16.3 Å². The molecule has 5 heteroatoms. The Balaban J connectivity index is 2.06. The summed E-state index contributed by atoms with van der Waals surface area (Å²) in [7, 11) is 0.